The van der Waals surface area contributed by atoms with Gasteiger partial charge in [0, 0.05) is 0 Å². The first kappa shape index (κ1) is 14.7. The van der Waals surface area contributed by atoms with Gasteiger partial charge in [0.2, 0.25) is 34.8 Å². The van der Waals surface area contributed by atoms with E-state index in [1.165, 1.54) is 0 Å². The van der Waals surface area contributed by atoms with E-state index in [2.05, 4.69) is 14.5 Å². The van der Waals surface area contributed by atoms with Crippen LogP contribution in [-0.2, 0) is 14.6 Å². The normalized spacial score (nSPS) is 18.9. The van der Waals surface area contributed by atoms with Crippen LogP contribution in [0.1, 0.15) is 12.8 Å². The Morgan fingerprint density at radius 2 is 1.55 bits per heavy atom. The van der Waals surface area contributed by atoms with Crippen LogP contribution in [0, 0.1) is 29.1 Å². The van der Waals surface area contributed by atoms with Crippen LogP contribution in [0.25, 0.3) is 0 Å². The Morgan fingerprint density at radius 1 is 1.00 bits per heavy atom. The molecule has 0 saturated carbocycles. The van der Waals surface area contributed by atoms with E-state index in [0.29, 0.717) is 6.42 Å². The summed E-state index contributed by atoms with van der Waals surface area (Å²) >= 11 is 0. The van der Waals surface area contributed by atoms with Crippen LogP contribution in [0.2, 0.25) is 0 Å². The van der Waals surface area contributed by atoms with E-state index in [1.807, 2.05) is 0 Å². The molecule has 0 radical (unpaired) electrons. The van der Waals surface area contributed by atoms with Crippen molar-refractivity contribution in [2.75, 3.05) is 6.61 Å². The Kier molecular flexibility index (Phi) is 4.19. The predicted molar refractivity (Wildman–Crippen MR) is 51.9 cm³/mol. The summed E-state index contributed by atoms with van der Waals surface area (Å²) < 4.78 is 69.3. The Labute approximate surface area is 109 Å². The Balaban J connectivity index is 2.27. The first-order chi connectivity index (χ1) is 9.43. The van der Waals surface area contributed by atoms with Gasteiger partial charge in [0.05, 0.1) is 6.61 Å². The van der Waals surface area contributed by atoms with Gasteiger partial charge < -0.3 is 4.74 Å². The van der Waals surface area contributed by atoms with E-state index in [1.54, 1.807) is 0 Å². The molecule has 20 heavy (non-hydrogen) atoms. The number of carbonyl (C=O) groups excluding carboxylic acids is 1. The molecule has 0 amide bonds. The summed E-state index contributed by atoms with van der Waals surface area (Å²) in [6.07, 6.45) is -0.746. The Morgan fingerprint density at radius 3 is 2.05 bits per heavy atom. The van der Waals surface area contributed by atoms with Gasteiger partial charge in [-0.25, -0.2) is 27.7 Å². The monoisotopic (exact) mass is 298 g/mol. The summed E-state index contributed by atoms with van der Waals surface area (Å²) in [4.78, 5) is 20.4. The third-order valence-corrected chi connectivity index (χ3v) is 2.51. The van der Waals surface area contributed by atoms with Crippen molar-refractivity contribution in [3.05, 3.63) is 29.1 Å². The Bertz CT molecular complexity index is 513. The van der Waals surface area contributed by atoms with Crippen molar-refractivity contribution in [1.29, 1.82) is 0 Å². The summed E-state index contributed by atoms with van der Waals surface area (Å²) in [5, 5.41) is 0. The summed E-state index contributed by atoms with van der Waals surface area (Å²) in [6, 6.07) is 0. The summed E-state index contributed by atoms with van der Waals surface area (Å²) in [6.45, 7) is 0.215. The van der Waals surface area contributed by atoms with E-state index in [4.69, 9.17) is 0 Å². The number of rotatable bonds is 2. The van der Waals surface area contributed by atoms with E-state index in [0.717, 1.165) is 0 Å². The average molecular weight is 298 g/mol. The molecule has 0 aliphatic carbocycles. The van der Waals surface area contributed by atoms with Crippen LogP contribution in [-0.4, -0.2) is 18.7 Å². The van der Waals surface area contributed by atoms with Gasteiger partial charge in [-0.15, -0.1) is 0 Å². The first-order valence-corrected chi connectivity index (χ1v) is 5.45. The molecule has 9 heteroatoms. The molecule has 110 valence electrons. The molecule has 2 rings (SSSR count). The van der Waals surface area contributed by atoms with Gasteiger partial charge >= 0.3 is 5.97 Å². The van der Waals surface area contributed by atoms with Gasteiger partial charge in [-0.2, -0.15) is 8.78 Å². The van der Waals surface area contributed by atoms with E-state index >= 15 is 0 Å². The van der Waals surface area contributed by atoms with Crippen LogP contribution < -0.4 is 4.74 Å². The second-order valence-corrected chi connectivity index (χ2v) is 3.87. The molecule has 1 atom stereocenters. The minimum Gasteiger partial charge on any atom is -0.418 e. The van der Waals surface area contributed by atoms with Gasteiger partial charge in [0.15, 0.2) is 6.10 Å². The van der Waals surface area contributed by atoms with Crippen molar-refractivity contribution >= 4 is 5.97 Å². The molecule has 1 fully saturated rings. The number of carbonyl (C=O) groups is 1. The lowest BCUT2D eigenvalue weighted by Gasteiger charge is -2.19. The molecule has 1 aromatic rings. The van der Waals surface area contributed by atoms with Gasteiger partial charge in [0.1, 0.15) is 0 Å². The minimum absolute atomic E-state index is 0.133. The second-order valence-electron chi connectivity index (χ2n) is 3.87. The summed E-state index contributed by atoms with van der Waals surface area (Å²) in [7, 11) is 0. The highest BCUT2D eigenvalue weighted by atomic mass is 19.2. The zero-order chi connectivity index (χ0) is 14.9. The van der Waals surface area contributed by atoms with E-state index in [9.17, 15) is 26.7 Å². The maximum Gasteiger partial charge on any atom is 0.344 e. The highest BCUT2D eigenvalue weighted by Gasteiger charge is 2.32. The highest BCUT2D eigenvalue weighted by Crippen LogP contribution is 2.29. The van der Waals surface area contributed by atoms with Gasteiger partial charge in [0.25, 0.3) is 0 Å². The molecular weight excluding hydrogens is 291 g/mol. The third-order valence-electron chi connectivity index (χ3n) is 2.51. The smallest absolute Gasteiger partial charge is 0.344 e. The average Bonchev–Trinajstić information content (AvgIpc) is 2.48. The van der Waals surface area contributed by atoms with Crippen LogP contribution in [0.15, 0.2) is 0 Å². The number of esters is 1. The molecular formula is C11H7F5O4. The molecule has 0 N–H and O–H groups in total. The van der Waals surface area contributed by atoms with Gasteiger partial charge in [-0.1, -0.05) is 0 Å². The molecule has 1 aliphatic rings. The number of benzene rings is 1. The van der Waals surface area contributed by atoms with Crippen LogP contribution in [0.3, 0.4) is 0 Å². The van der Waals surface area contributed by atoms with E-state index < -0.39 is 46.9 Å². The van der Waals surface area contributed by atoms with Crippen molar-refractivity contribution in [1.82, 2.24) is 0 Å². The van der Waals surface area contributed by atoms with Crippen molar-refractivity contribution in [3.63, 3.8) is 0 Å². The lowest BCUT2D eigenvalue weighted by Crippen LogP contribution is -2.33. The van der Waals surface area contributed by atoms with Crippen molar-refractivity contribution in [2.45, 2.75) is 18.9 Å². The number of halogens is 5. The zero-order valence-corrected chi connectivity index (χ0v) is 9.72. The van der Waals surface area contributed by atoms with Gasteiger partial charge in [-0.3, -0.25) is 0 Å². The molecule has 1 aromatic carbocycles. The highest BCUT2D eigenvalue weighted by molar-refractivity contribution is 5.77. The Hall–Kier alpha value is -1.74. The summed E-state index contributed by atoms with van der Waals surface area (Å²) in [5.74, 6) is -14.2. The number of hydrogen-bond acceptors (Lipinski definition) is 4. The minimum atomic E-state index is -2.34. The fourth-order valence-electron chi connectivity index (χ4n) is 1.50. The lowest BCUT2D eigenvalue weighted by molar-refractivity contribution is -0.338. The fourth-order valence-corrected chi connectivity index (χ4v) is 1.50. The molecule has 1 saturated heterocycles. The zero-order valence-electron chi connectivity index (χ0n) is 9.72. The SMILES string of the molecule is O=C(Oc1c(F)c(F)c(F)c(F)c1F)C1CCCOO1. The lowest BCUT2D eigenvalue weighted by atomic mass is 10.2. The standard InChI is InChI=1S/C11H7F5O4/c12-5-6(13)8(15)10(9(16)7(5)14)19-11(17)4-2-1-3-18-20-4/h4H,1-3H2. The van der Waals surface area contributed by atoms with Crippen LogP contribution in [0.4, 0.5) is 22.0 Å². The third kappa shape index (κ3) is 2.59. The molecule has 0 bridgehead atoms. The van der Waals surface area contributed by atoms with Crippen molar-refractivity contribution < 1.29 is 41.3 Å². The molecule has 0 spiro atoms. The quantitative estimate of drug-likeness (QED) is 0.210. The number of ether oxygens (including phenoxy) is 1. The van der Waals surface area contributed by atoms with Crippen molar-refractivity contribution in [2.24, 2.45) is 0 Å². The molecule has 1 heterocycles. The van der Waals surface area contributed by atoms with Crippen LogP contribution in [0.5, 0.6) is 5.75 Å². The molecule has 1 aliphatic heterocycles. The van der Waals surface area contributed by atoms with Gasteiger partial charge in [-0.05, 0) is 12.8 Å². The fraction of sp³-hybridized carbons (Fsp3) is 0.364. The summed E-state index contributed by atoms with van der Waals surface area (Å²) in [5.41, 5.74) is 0. The first-order valence-electron chi connectivity index (χ1n) is 5.45. The van der Waals surface area contributed by atoms with Crippen molar-refractivity contribution in [3.8, 4) is 5.75 Å². The number of hydrogen-bond donors (Lipinski definition) is 0. The molecule has 0 aromatic heterocycles. The maximum absolute atomic E-state index is 13.3. The maximum atomic E-state index is 13.3. The molecule has 4 nitrogen and oxygen atoms in total. The molecule has 1 unspecified atom stereocenters. The predicted octanol–water partition coefficient (Wildman–Crippen LogP) is 2.40. The van der Waals surface area contributed by atoms with Crippen LogP contribution >= 0.6 is 0 Å². The second kappa shape index (κ2) is 5.71. The van der Waals surface area contributed by atoms with E-state index in [-0.39, 0.29) is 13.0 Å². The largest absolute Gasteiger partial charge is 0.418 e. The topological polar surface area (TPSA) is 44.8 Å².